The zero-order chi connectivity index (χ0) is 17.1. The van der Waals surface area contributed by atoms with Crippen molar-refractivity contribution in [2.75, 3.05) is 23.7 Å². The van der Waals surface area contributed by atoms with Crippen LogP contribution >= 0.6 is 15.9 Å². The third-order valence-corrected chi connectivity index (χ3v) is 5.20. The summed E-state index contributed by atoms with van der Waals surface area (Å²) >= 11 is 3.40. The van der Waals surface area contributed by atoms with Gasteiger partial charge in [-0.1, -0.05) is 36.7 Å². The average molecular weight is 391 g/mol. The standard InChI is InChI=1S/C15H23BrN2O3S/c1-11-10-12(6-7-13(11)16)18(22(5,20)21)9-8-17-14(19)15(2,3)4/h6-7,10H,8-9H2,1-5H3,(H,17,19). The van der Waals surface area contributed by atoms with Gasteiger partial charge in [0.2, 0.25) is 15.9 Å². The first-order valence-electron chi connectivity index (χ1n) is 6.95. The number of nitrogens with zero attached hydrogens (tertiary/aromatic N) is 1. The smallest absolute Gasteiger partial charge is 0.232 e. The van der Waals surface area contributed by atoms with E-state index in [1.54, 1.807) is 12.1 Å². The number of hydrogen-bond donors (Lipinski definition) is 1. The van der Waals surface area contributed by atoms with Crippen molar-refractivity contribution in [1.82, 2.24) is 5.32 Å². The Morgan fingerprint density at radius 3 is 2.36 bits per heavy atom. The number of nitrogens with one attached hydrogen (secondary N) is 1. The summed E-state index contributed by atoms with van der Waals surface area (Å²) in [7, 11) is -3.41. The maximum atomic E-state index is 12.0. The Balaban J connectivity index is 2.88. The maximum absolute atomic E-state index is 12.0. The highest BCUT2D eigenvalue weighted by Crippen LogP contribution is 2.24. The number of sulfonamides is 1. The second-order valence-corrected chi connectivity index (χ2v) is 9.04. The quantitative estimate of drug-likeness (QED) is 0.839. The van der Waals surface area contributed by atoms with Gasteiger partial charge in [-0.2, -0.15) is 0 Å². The highest BCUT2D eigenvalue weighted by Gasteiger charge is 2.22. The molecule has 0 radical (unpaired) electrons. The molecule has 0 saturated heterocycles. The second kappa shape index (κ2) is 7.00. The van der Waals surface area contributed by atoms with Gasteiger partial charge in [0.15, 0.2) is 0 Å². The fourth-order valence-corrected chi connectivity index (χ4v) is 2.97. The summed E-state index contributed by atoms with van der Waals surface area (Å²) in [4.78, 5) is 11.8. The lowest BCUT2D eigenvalue weighted by atomic mass is 9.96. The first-order chi connectivity index (χ1) is 9.93. The lowest BCUT2D eigenvalue weighted by Crippen LogP contribution is -2.41. The zero-order valence-corrected chi connectivity index (χ0v) is 16.0. The number of aryl methyl sites for hydroxylation is 1. The summed E-state index contributed by atoms with van der Waals surface area (Å²) in [6, 6.07) is 5.36. The topological polar surface area (TPSA) is 66.5 Å². The molecule has 0 aromatic heterocycles. The molecule has 7 heteroatoms. The molecule has 1 N–H and O–H groups in total. The highest BCUT2D eigenvalue weighted by atomic mass is 79.9. The van der Waals surface area contributed by atoms with Gasteiger partial charge in [0, 0.05) is 16.4 Å². The molecule has 0 aliphatic heterocycles. The fourth-order valence-electron chi connectivity index (χ4n) is 1.81. The largest absolute Gasteiger partial charge is 0.354 e. The van der Waals surface area contributed by atoms with Crippen LogP contribution in [-0.2, 0) is 14.8 Å². The molecule has 1 aromatic carbocycles. The van der Waals surface area contributed by atoms with Gasteiger partial charge in [0.25, 0.3) is 0 Å². The van der Waals surface area contributed by atoms with Crippen LogP contribution in [0.3, 0.4) is 0 Å². The first-order valence-corrected chi connectivity index (χ1v) is 9.59. The van der Waals surface area contributed by atoms with Crippen LogP contribution in [0.5, 0.6) is 0 Å². The Labute approximate surface area is 141 Å². The molecular weight excluding hydrogens is 368 g/mol. The molecule has 1 aromatic rings. The normalized spacial score (nSPS) is 12.1. The summed E-state index contributed by atoms with van der Waals surface area (Å²) in [6.45, 7) is 7.80. The summed E-state index contributed by atoms with van der Waals surface area (Å²) in [5, 5.41) is 2.77. The van der Waals surface area contributed by atoms with Gasteiger partial charge in [0.05, 0.1) is 18.5 Å². The van der Waals surface area contributed by atoms with E-state index in [2.05, 4.69) is 21.2 Å². The molecule has 0 heterocycles. The average Bonchev–Trinajstić information content (AvgIpc) is 2.35. The van der Waals surface area contributed by atoms with Gasteiger partial charge in [-0.15, -0.1) is 0 Å². The molecule has 0 atom stereocenters. The van der Waals surface area contributed by atoms with Crippen molar-refractivity contribution in [2.24, 2.45) is 5.41 Å². The minimum absolute atomic E-state index is 0.104. The predicted molar refractivity (Wildman–Crippen MR) is 93.5 cm³/mol. The van der Waals surface area contributed by atoms with E-state index in [0.717, 1.165) is 16.3 Å². The Bertz CT molecular complexity index is 651. The summed E-state index contributed by atoms with van der Waals surface area (Å²) in [5.74, 6) is -0.104. The van der Waals surface area contributed by atoms with Crippen LogP contribution in [-0.4, -0.2) is 33.7 Å². The molecule has 0 saturated carbocycles. The van der Waals surface area contributed by atoms with E-state index >= 15 is 0 Å². The summed E-state index contributed by atoms with van der Waals surface area (Å²) in [5.41, 5.74) is 1.04. The number of benzene rings is 1. The fraction of sp³-hybridized carbons (Fsp3) is 0.533. The van der Waals surface area contributed by atoms with Crippen LogP contribution in [0.25, 0.3) is 0 Å². The molecule has 0 aliphatic carbocycles. The number of carbonyl (C=O) groups excluding carboxylic acids is 1. The van der Waals surface area contributed by atoms with Gasteiger partial charge in [-0.25, -0.2) is 8.42 Å². The minimum atomic E-state index is -3.41. The Morgan fingerprint density at radius 1 is 1.32 bits per heavy atom. The van der Waals surface area contributed by atoms with Gasteiger partial charge in [-0.05, 0) is 30.7 Å². The third-order valence-electron chi connectivity index (χ3n) is 3.11. The molecule has 0 unspecified atom stereocenters. The molecule has 0 spiro atoms. The van der Waals surface area contributed by atoms with E-state index < -0.39 is 15.4 Å². The summed E-state index contributed by atoms with van der Waals surface area (Å²) in [6.07, 6.45) is 1.16. The van der Waals surface area contributed by atoms with Crippen LogP contribution < -0.4 is 9.62 Å². The van der Waals surface area contributed by atoms with Gasteiger partial charge in [-0.3, -0.25) is 9.10 Å². The minimum Gasteiger partial charge on any atom is -0.354 e. The number of hydrogen-bond acceptors (Lipinski definition) is 3. The van der Waals surface area contributed by atoms with Gasteiger partial charge < -0.3 is 5.32 Å². The summed E-state index contributed by atoms with van der Waals surface area (Å²) < 4.78 is 26.2. The molecular formula is C15H23BrN2O3S. The van der Waals surface area contributed by atoms with Crippen molar-refractivity contribution in [1.29, 1.82) is 0 Å². The van der Waals surface area contributed by atoms with E-state index in [0.29, 0.717) is 5.69 Å². The Morgan fingerprint density at radius 2 is 1.91 bits per heavy atom. The van der Waals surface area contributed by atoms with Gasteiger partial charge >= 0.3 is 0 Å². The van der Waals surface area contributed by atoms with E-state index in [4.69, 9.17) is 0 Å². The molecule has 0 aliphatic rings. The zero-order valence-electron chi connectivity index (χ0n) is 13.6. The predicted octanol–water partition coefficient (Wildman–Crippen LogP) is 2.69. The molecule has 0 fully saturated rings. The van der Waals surface area contributed by atoms with Crippen LogP contribution in [0.1, 0.15) is 26.3 Å². The number of carbonyl (C=O) groups is 1. The lowest BCUT2D eigenvalue weighted by Gasteiger charge is -2.24. The molecule has 5 nitrogen and oxygen atoms in total. The van der Waals surface area contributed by atoms with E-state index in [9.17, 15) is 13.2 Å². The van der Waals surface area contributed by atoms with Gasteiger partial charge in [0.1, 0.15) is 0 Å². The van der Waals surface area contributed by atoms with Crippen LogP contribution in [0, 0.1) is 12.3 Å². The molecule has 1 rings (SSSR count). The Hall–Kier alpha value is -1.08. The highest BCUT2D eigenvalue weighted by molar-refractivity contribution is 9.10. The maximum Gasteiger partial charge on any atom is 0.232 e. The van der Waals surface area contributed by atoms with Crippen molar-refractivity contribution >= 4 is 37.5 Å². The molecule has 124 valence electrons. The molecule has 0 bridgehead atoms. The van der Waals surface area contributed by atoms with Crippen molar-refractivity contribution in [3.63, 3.8) is 0 Å². The van der Waals surface area contributed by atoms with Crippen molar-refractivity contribution < 1.29 is 13.2 Å². The van der Waals surface area contributed by atoms with Crippen LogP contribution in [0.2, 0.25) is 0 Å². The van der Waals surface area contributed by atoms with Crippen molar-refractivity contribution in [3.05, 3.63) is 28.2 Å². The molecule has 1 amide bonds. The second-order valence-electron chi connectivity index (χ2n) is 6.27. The lowest BCUT2D eigenvalue weighted by molar-refractivity contribution is -0.128. The van der Waals surface area contributed by atoms with E-state index in [1.807, 2.05) is 33.8 Å². The SMILES string of the molecule is Cc1cc(N(CCNC(=O)C(C)(C)C)S(C)(=O)=O)ccc1Br. The van der Waals surface area contributed by atoms with Crippen molar-refractivity contribution in [3.8, 4) is 0 Å². The number of amides is 1. The third kappa shape index (κ3) is 5.28. The van der Waals surface area contributed by atoms with E-state index in [-0.39, 0.29) is 19.0 Å². The first kappa shape index (κ1) is 19.0. The molecule has 22 heavy (non-hydrogen) atoms. The van der Waals surface area contributed by atoms with Crippen LogP contribution in [0.15, 0.2) is 22.7 Å². The van der Waals surface area contributed by atoms with Crippen LogP contribution in [0.4, 0.5) is 5.69 Å². The Kier molecular flexibility index (Phi) is 6.03. The van der Waals surface area contributed by atoms with Crippen molar-refractivity contribution in [2.45, 2.75) is 27.7 Å². The van der Waals surface area contributed by atoms with E-state index in [1.165, 1.54) is 4.31 Å². The monoisotopic (exact) mass is 390 g/mol. The number of halogens is 1. The number of anilines is 1. The number of rotatable bonds is 5.